The monoisotopic (exact) mass is 434 g/mol. The topological polar surface area (TPSA) is 127 Å². The van der Waals surface area contributed by atoms with Gasteiger partial charge in [-0.3, -0.25) is 19.4 Å². The van der Waals surface area contributed by atoms with Crippen LogP contribution in [0.15, 0.2) is 59.3 Å². The second kappa shape index (κ2) is 9.21. The highest BCUT2D eigenvalue weighted by atomic mass is 16.5. The summed E-state index contributed by atoms with van der Waals surface area (Å²) in [5.41, 5.74) is 2.05. The van der Waals surface area contributed by atoms with Gasteiger partial charge in [0.2, 0.25) is 0 Å². The first-order valence-electron chi connectivity index (χ1n) is 9.96. The lowest BCUT2D eigenvalue weighted by Gasteiger charge is -2.04. The molecule has 10 nitrogen and oxygen atoms in total. The van der Waals surface area contributed by atoms with Gasteiger partial charge in [0, 0.05) is 18.3 Å². The van der Waals surface area contributed by atoms with Gasteiger partial charge < -0.3 is 19.8 Å². The quantitative estimate of drug-likeness (QED) is 0.391. The van der Waals surface area contributed by atoms with E-state index in [1.807, 2.05) is 31.2 Å². The predicted octanol–water partition coefficient (Wildman–Crippen LogP) is 3.08. The van der Waals surface area contributed by atoms with E-state index < -0.39 is 11.8 Å². The number of nitrogens with zero attached hydrogens (tertiary/aromatic N) is 3. The number of rotatable bonds is 8. The molecule has 2 amide bonds. The largest absolute Gasteiger partial charge is 0.497 e. The van der Waals surface area contributed by atoms with Crippen molar-refractivity contribution in [2.24, 2.45) is 0 Å². The van der Waals surface area contributed by atoms with E-state index in [0.717, 1.165) is 5.56 Å². The zero-order valence-corrected chi connectivity index (χ0v) is 17.6. The highest BCUT2D eigenvalue weighted by molar-refractivity contribution is 6.07. The molecule has 10 heteroatoms. The number of nitrogens with one attached hydrogen (secondary N) is 3. The molecular formula is C22H22N6O4. The lowest BCUT2D eigenvalue weighted by Crippen LogP contribution is -2.25. The second-order valence-corrected chi connectivity index (χ2v) is 6.86. The molecular weight excluding hydrogens is 412 g/mol. The van der Waals surface area contributed by atoms with Gasteiger partial charge in [0.05, 0.1) is 31.3 Å². The van der Waals surface area contributed by atoms with Crippen molar-refractivity contribution in [1.82, 2.24) is 25.3 Å². The van der Waals surface area contributed by atoms with Crippen molar-refractivity contribution in [3.05, 3.63) is 72.1 Å². The molecule has 4 rings (SSSR count). The van der Waals surface area contributed by atoms with Crippen molar-refractivity contribution in [2.45, 2.75) is 20.0 Å². The number of carbonyl (C=O) groups is 2. The number of aromatic nitrogens is 4. The van der Waals surface area contributed by atoms with Gasteiger partial charge in [0.15, 0.2) is 5.69 Å². The summed E-state index contributed by atoms with van der Waals surface area (Å²) in [6.45, 7) is 2.64. The van der Waals surface area contributed by atoms with Crippen molar-refractivity contribution in [2.75, 3.05) is 12.4 Å². The number of furan rings is 1. The summed E-state index contributed by atoms with van der Waals surface area (Å²) >= 11 is 0. The Hall–Kier alpha value is -4.34. The first-order valence-corrected chi connectivity index (χ1v) is 9.96. The lowest BCUT2D eigenvalue weighted by molar-refractivity contribution is 0.0943. The molecule has 0 aliphatic heterocycles. The van der Waals surface area contributed by atoms with Gasteiger partial charge in [-0.15, -0.1) is 0 Å². The van der Waals surface area contributed by atoms with Gasteiger partial charge in [-0.05, 0) is 37.3 Å². The summed E-state index contributed by atoms with van der Waals surface area (Å²) in [4.78, 5) is 25.5. The van der Waals surface area contributed by atoms with Crippen LogP contribution in [0.2, 0.25) is 0 Å². The summed E-state index contributed by atoms with van der Waals surface area (Å²) in [7, 11) is 1.58. The van der Waals surface area contributed by atoms with Crippen LogP contribution in [0.4, 0.5) is 5.69 Å². The molecule has 1 aromatic carbocycles. The van der Waals surface area contributed by atoms with Crippen molar-refractivity contribution in [1.29, 1.82) is 0 Å². The Morgan fingerprint density at radius 3 is 2.81 bits per heavy atom. The molecule has 32 heavy (non-hydrogen) atoms. The SMILES string of the molecule is CCn1cc(NC(=O)c2cc(-c3cccc(OC)c3)n[nH]2)c(C(=O)NCc2ccco2)n1. The Labute approximate surface area is 183 Å². The maximum atomic E-state index is 12.8. The average Bonchev–Trinajstić information content (AvgIpc) is 3.58. The molecule has 164 valence electrons. The van der Waals surface area contributed by atoms with Gasteiger partial charge in [0.25, 0.3) is 11.8 Å². The molecule has 3 aromatic heterocycles. The minimum absolute atomic E-state index is 0.110. The highest BCUT2D eigenvalue weighted by Gasteiger charge is 2.20. The number of ether oxygens (including phenoxy) is 1. The first kappa shape index (κ1) is 20.9. The molecule has 0 radical (unpaired) electrons. The number of amides is 2. The normalized spacial score (nSPS) is 10.7. The number of hydrogen-bond donors (Lipinski definition) is 3. The molecule has 0 unspecified atom stereocenters. The van der Waals surface area contributed by atoms with Crippen LogP contribution in [-0.2, 0) is 13.1 Å². The van der Waals surface area contributed by atoms with Crippen molar-refractivity contribution in [3.63, 3.8) is 0 Å². The first-order chi connectivity index (χ1) is 15.6. The summed E-state index contributed by atoms with van der Waals surface area (Å²) in [5, 5.41) is 16.7. The van der Waals surface area contributed by atoms with E-state index in [1.165, 1.54) is 6.26 Å². The van der Waals surface area contributed by atoms with Crippen LogP contribution in [0.1, 0.15) is 33.7 Å². The van der Waals surface area contributed by atoms with Crippen molar-refractivity contribution < 1.29 is 18.7 Å². The Morgan fingerprint density at radius 1 is 1.19 bits per heavy atom. The number of methoxy groups -OCH3 is 1. The molecule has 0 fully saturated rings. The fraction of sp³-hybridized carbons (Fsp3) is 0.182. The van der Waals surface area contributed by atoms with Crippen LogP contribution in [0.5, 0.6) is 5.75 Å². The van der Waals surface area contributed by atoms with E-state index in [2.05, 4.69) is 25.9 Å². The smallest absolute Gasteiger partial charge is 0.274 e. The predicted molar refractivity (Wildman–Crippen MR) is 116 cm³/mol. The third-order valence-corrected chi connectivity index (χ3v) is 4.74. The van der Waals surface area contributed by atoms with E-state index in [-0.39, 0.29) is 17.9 Å². The van der Waals surface area contributed by atoms with Crippen LogP contribution in [0.25, 0.3) is 11.3 Å². The summed E-state index contributed by atoms with van der Waals surface area (Å²) in [6.07, 6.45) is 3.14. The van der Waals surface area contributed by atoms with E-state index in [9.17, 15) is 9.59 Å². The fourth-order valence-corrected chi connectivity index (χ4v) is 3.06. The number of H-pyrrole nitrogens is 1. The molecule has 0 atom stereocenters. The van der Waals surface area contributed by atoms with E-state index >= 15 is 0 Å². The Balaban J connectivity index is 1.50. The lowest BCUT2D eigenvalue weighted by atomic mass is 10.1. The number of anilines is 1. The zero-order chi connectivity index (χ0) is 22.5. The maximum absolute atomic E-state index is 12.8. The Bertz CT molecular complexity index is 1230. The number of benzene rings is 1. The van der Waals surface area contributed by atoms with Crippen LogP contribution in [0, 0.1) is 0 Å². The molecule has 0 aliphatic carbocycles. The third kappa shape index (κ3) is 4.53. The van der Waals surface area contributed by atoms with Crippen molar-refractivity contribution in [3.8, 4) is 17.0 Å². The summed E-state index contributed by atoms with van der Waals surface area (Å²) in [5.74, 6) is 0.433. The van der Waals surface area contributed by atoms with E-state index in [1.54, 1.807) is 36.2 Å². The van der Waals surface area contributed by atoms with Gasteiger partial charge in [-0.25, -0.2) is 0 Å². The number of aryl methyl sites for hydroxylation is 1. The van der Waals surface area contributed by atoms with Crippen LogP contribution in [0.3, 0.4) is 0 Å². The molecule has 3 heterocycles. The molecule has 0 bridgehead atoms. The molecule has 0 aliphatic rings. The number of carbonyl (C=O) groups excluding carboxylic acids is 2. The van der Waals surface area contributed by atoms with Crippen LogP contribution in [-0.4, -0.2) is 38.9 Å². The van der Waals surface area contributed by atoms with Gasteiger partial charge in [-0.2, -0.15) is 10.2 Å². The fourth-order valence-electron chi connectivity index (χ4n) is 3.06. The third-order valence-electron chi connectivity index (χ3n) is 4.74. The number of hydrogen-bond acceptors (Lipinski definition) is 6. The van der Waals surface area contributed by atoms with E-state index in [4.69, 9.17) is 9.15 Å². The molecule has 0 spiro atoms. The van der Waals surface area contributed by atoms with Crippen molar-refractivity contribution >= 4 is 17.5 Å². The molecule has 3 N–H and O–H groups in total. The zero-order valence-electron chi connectivity index (χ0n) is 17.6. The Morgan fingerprint density at radius 2 is 2.06 bits per heavy atom. The molecule has 4 aromatic rings. The summed E-state index contributed by atoms with van der Waals surface area (Å²) in [6, 6.07) is 12.5. The Kier molecular flexibility index (Phi) is 6.02. The minimum Gasteiger partial charge on any atom is -0.497 e. The molecule has 0 saturated carbocycles. The second-order valence-electron chi connectivity index (χ2n) is 6.86. The highest BCUT2D eigenvalue weighted by Crippen LogP contribution is 2.23. The van der Waals surface area contributed by atoms with Gasteiger partial charge in [-0.1, -0.05) is 12.1 Å². The maximum Gasteiger partial charge on any atom is 0.274 e. The van der Waals surface area contributed by atoms with Gasteiger partial charge >= 0.3 is 0 Å². The van der Waals surface area contributed by atoms with Crippen LogP contribution >= 0.6 is 0 Å². The number of aromatic amines is 1. The average molecular weight is 434 g/mol. The summed E-state index contributed by atoms with van der Waals surface area (Å²) < 4.78 is 12.0. The van der Waals surface area contributed by atoms with E-state index in [0.29, 0.717) is 29.4 Å². The van der Waals surface area contributed by atoms with Crippen LogP contribution < -0.4 is 15.4 Å². The standard InChI is InChI=1S/C22H22N6O4/c1-3-28-13-19(20(27-28)22(30)23-12-16-8-5-9-32-16)24-21(29)18-11-17(25-26-18)14-6-4-7-15(10-14)31-2/h4-11,13H,3,12H2,1-2H3,(H,23,30)(H,24,29)(H,25,26). The minimum atomic E-state index is -0.442. The van der Waals surface area contributed by atoms with Gasteiger partial charge in [0.1, 0.15) is 17.2 Å². The molecule has 0 saturated heterocycles.